The second kappa shape index (κ2) is 13.6. The molecule has 0 heterocycles. The lowest BCUT2D eigenvalue weighted by atomic mass is 10.1. The molecule has 0 aliphatic carbocycles. The van der Waals surface area contributed by atoms with E-state index >= 15 is 0 Å². The van der Waals surface area contributed by atoms with E-state index in [0.29, 0.717) is 17.0 Å². The molecule has 0 aromatic heterocycles. The Morgan fingerprint density at radius 3 is 2.15 bits per heavy atom. The molecule has 0 unspecified atom stereocenters. The zero-order valence-corrected chi connectivity index (χ0v) is 23.8. The average molecular weight is 574 g/mol. The van der Waals surface area contributed by atoms with Crippen molar-refractivity contribution < 1.29 is 22.4 Å². The first-order valence-electron chi connectivity index (χ1n) is 12.8. The minimum absolute atomic E-state index is 0.0402. The van der Waals surface area contributed by atoms with Gasteiger partial charge in [-0.1, -0.05) is 74.0 Å². The predicted molar refractivity (Wildman–Crippen MR) is 151 cm³/mol. The number of sulfonamides is 1. The van der Waals surface area contributed by atoms with Crippen LogP contribution in [0.15, 0.2) is 83.8 Å². The van der Waals surface area contributed by atoms with Gasteiger partial charge in [-0.3, -0.25) is 13.9 Å². The number of carbonyl (C=O) groups excluding carboxylic acids is 2. The topological polar surface area (TPSA) is 86.8 Å². The molecule has 0 spiro atoms. The lowest BCUT2D eigenvalue weighted by Gasteiger charge is -2.34. The Bertz CT molecular complexity index is 1390. The maximum atomic E-state index is 15.0. The van der Waals surface area contributed by atoms with Crippen molar-refractivity contribution in [2.24, 2.45) is 0 Å². The molecular weight excluding hydrogens is 541 g/mol. The van der Waals surface area contributed by atoms with Crippen LogP contribution in [0.25, 0.3) is 0 Å². The average Bonchev–Trinajstić information content (AvgIpc) is 2.93. The minimum atomic E-state index is -4.34. The molecule has 2 atom stereocenters. The van der Waals surface area contributed by atoms with Crippen LogP contribution in [0.3, 0.4) is 0 Å². The third kappa shape index (κ3) is 7.36. The van der Waals surface area contributed by atoms with Crippen LogP contribution in [-0.2, 0) is 26.2 Å². The van der Waals surface area contributed by atoms with Crippen molar-refractivity contribution in [1.82, 2.24) is 10.2 Å². The molecule has 2 amide bonds. The number of nitrogens with one attached hydrogen (secondary N) is 1. The lowest BCUT2D eigenvalue weighted by Crippen LogP contribution is -2.53. The molecule has 10 heteroatoms. The highest BCUT2D eigenvalue weighted by Gasteiger charge is 2.35. The van der Waals surface area contributed by atoms with E-state index in [1.54, 1.807) is 49.4 Å². The van der Waals surface area contributed by atoms with Crippen molar-refractivity contribution >= 4 is 39.1 Å². The van der Waals surface area contributed by atoms with Crippen molar-refractivity contribution in [1.29, 1.82) is 0 Å². The Hall–Kier alpha value is -3.43. The monoisotopic (exact) mass is 573 g/mol. The smallest absolute Gasteiger partial charge is 0.264 e. The highest BCUT2D eigenvalue weighted by atomic mass is 35.5. The van der Waals surface area contributed by atoms with Crippen LogP contribution < -0.4 is 9.62 Å². The zero-order valence-electron chi connectivity index (χ0n) is 22.2. The van der Waals surface area contributed by atoms with Crippen LogP contribution >= 0.6 is 11.6 Å². The van der Waals surface area contributed by atoms with E-state index in [-0.39, 0.29) is 35.5 Å². The van der Waals surface area contributed by atoms with Crippen molar-refractivity contribution in [3.63, 3.8) is 0 Å². The van der Waals surface area contributed by atoms with Gasteiger partial charge in [-0.2, -0.15) is 0 Å². The van der Waals surface area contributed by atoms with Gasteiger partial charge in [-0.05, 0) is 55.7 Å². The van der Waals surface area contributed by atoms with Gasteiger partial charge in [0, 0.05) is 17.6 Å². The van der Waals surface area contributed by atoms with Gasteiger partial charge in [0.05, 0.1) is 10.6 Å². The highest BCUT2D eigenvalue weighted by Crippen LogP contribution is 2.27. The molecule has 0 radical (unpaired) electrons. The lowest BCUT2D eigenvalue weighted by molar-refractivity contribution is -0.140. The van der Waals surface area contributed by atoms with E-state index in [9.17, 15) is 22.4 Å². The molecule has 0 fully saturated rings. The standard InChI is InChI=1S/C29H33ClFN3O4S/c1-4-21(3)32-29(36)26(5-2)33(19-22-13-9-10-16-24(22)30)28(35)20-34(27-18-12-11-17-25(27)31)39(37,38)23-14-7-6-8-15-23/h6-18,21,26H,4-5,19-20H2,1-3H3,(H,32,36)/t21-,26+/m0/s1. The van der Waals surface area contributed by atoms with Gasteiger partial charge in [0.15, 0.2) is 0 Å². The molecule has 0 saturated heterocycles. The SMILES string of the molecule is CC[C@H](C(=O)N[C@@H](C)CC)N(Cc1ccccc1Cl)C(=O)CN(c1ccccc1F)S(=O)(=O)c1ccccc1. The Morgan fingerprint density at radius 1 is 0.923 bits per heavy atom. The second-order valence-corrected chi connectivity index (χ2v) is 11.4. The van der Waals surface area contributed by atoms with Crippen LogP contribution in [0.2, 0.25) is 5.02 Å². The summed E-state index contributed by atoms with van der Waals surface area (Å²) in [7, 11) is -4.34. The largest absolute Gasteiger partial charge is 0.352 e. The molecule has 7 nitrogen and oxygen atoms in total. The molecule has 3 aromatic rings. The first-order valence-corrected chi connectivity index (χ1v) is 14.6. The first kappa shape index (κ1) is 30.1. The summed E-state index contributed by atoms with van der Waals surface area (Å²) in [6, 6.07) is 18.7. The fourth-order valence-corrected chi connectivity index (χ4v) is 5.70. The second-order valence-electron chi connectivity index (χ2n) is 9.13. The van der Waals surface area contributed by atoms with Gasteiger partial charge < -0.3 is 10.2 Å². The molecule has 1 N–H and O–H groups in total. The summed E-state index contributed by atoms with van der Waals surface area (Å²) in [6.07, 6.45) is 0.959. The third-order valence-corrected chi connectivity index (χ3v) is 8.56. The molecule has 0 bridgehead atoms. The number of rotatable bonds is 12. The minimum Gasteiger partial charge on any atom is -0.352 e. The Balaban J connectivity index is 2.07. The summed E-state index contributed by atoms with van der Waals surface area (Å²) in [6.45, 7) is 4.79. The van der Waals surface area contributed by atoms with Crippen LogP contribution in [0.5, 0.6) is 0 Å². The van der Waals surface area contributed by atoms with E-state index in [0.717, 1.165) is 10.4 Å². The summed E-state index contributed by atoms with van der Waals surface area (Å²) in [5, 5.41) is 3.31. The fraction of sp³-hybridized carbons (Fsp3) is 0.310. The number of anilines is 1. The van der Waals surface area contributed by atoms with Crippen LogP contribution in [0.1, 0.15) is 39.2 Å². The van der Waals surface area contributed by atoms with E-state index in [1.165, 1.54) is 35.2 Å². The zero-order chi connectivity index (χ0) is 28.6. The number of carbonyl (C=O) groups is 2. The van der Waals surface area contributed by atoms with E-state index in [4.69, 9.17) is 11.6 Å². The molecule has 3 aromatic carbocycles. The summed E-state index contributed by atoms with van der Waals surface area (Å²) in [5.41, 5.74) is 0.315. The summed E-state index contributed by atoms with van der Waals surface area (Å²) in [4.78, 5) is 28.4. The normalized spacial score (nSPS) is 12.8. The Morgan fingerprint density at radius 2 is 1.54 bits per heavy atom. The summed E-state index contributed by atoms with van der Waals surface area (Å²) in [5.74, 6) is -1.84. The Kier molecular flexibility index (Phi) is 10.5. The molecule has 0 aliphatic rings. The van der Waals surface area contributed by atoms with Gasteiger partial charge in [-0.15, -0.1) is 0 Å². The molecule has 0 aliphatic heterocycles. The van der Waals surface area contributed by atoms with Crippen molar-refractivity contribution in [2.75, 3.05) is 10.8 Å². The summed E-state index contributed by atoms with van der Waals surface area (Å²) >= 11 is 6.39. The van der Waals surface area contributed by atoms with E-state index in [1.807, 2.05) is 13.8 Å². The molecule has 39 heavy (non-hydrogen) atoms. The van der Waals surface area contributed by atoms with Gasteiger partial charge >= 0.3 is 0 Å². The van der Waals surface area contributed by atoms with E-state index < -0.39 is 34.3 Å². The van der Waals surface area contributed by atoms with Crippen LogP contribution in [0, 0.1) is 5.82 Å². The van der Waals surface area contributed by atoms with Crippen LogP contribution in [0.4, 0.5) is 10.1 Å². The molecule has 3 rings (SSSR count). The number of benzene rings is 3. The number of halogens is 2. The number of nitrogens with zero attached hydrogens (tertiary/aromatic N) is 2. The van der Waals surface area contributed by atoms with Gasteiger partial charge in [-0.25, -0.2) is 12.8 Å². The van der Waals surface area contributed by atoms with E-state index in [2.05, 4.69) is 5.32 Å². The number of hydrogen-bond donors (Lipinski definition) is 1. The van der Waals surface area contributed by atoms with Gasteiger partial charge in [0.25, 0.3) is 10.0 Å². The van der Waals surface area contributed by atoms with Crippen molar-refractivity contribution in [2.45, 2.75) is 57.1 Å². The fourth-order valence-electron chi connectivity index (χ4n) is 4.06. The third-order valence-electron chi connectivity index (χ3n) is 6.42. The Labute approximate surface area is 234 Å². The quantitative estimate of drug-likeness (QED) is 0.314. The molecule has 208 valence electrons. The number of hydrogen-bond acceptors (Lipinski definition) is 4. The number of amides is 2. The maximum absolute atomic E-state index is 15.0. The van der Waals surface area contributed by atoms with Gasteiger partial charge in [0.1, 0.15) is 18.4 Å². The number of para-hydroxylation sites is 1. The van der Waals surface area contributed by atoms with Crippen molar-refractivity contribution in [3.05, 3.63) is 95.3 Å². The van der Waals surface area contributed by atoms with Crippen molar-refractivity contribution in [3.8, 4) is 0 Å². The molecule has 0 saturated carbocycles. The first-order chi connectivity index (χ1) is 18.6. The highest BCUT2D eigenvalue weighted by molar-refractivity contribution is 7.92. The predicted octanol–water partition coefficient (Wildman–Crippen LogP) is 5.40. The van der Waals surface area contributed by atoms with Crippen LogP contribution in [-0.4, -0.2) is 43.8 Å². The maximum Gasteiger partial charge on any atom is 0.264 e. The van der Waals surface area contributed by atoms with Gasteiger partial charge in [0.2, 0.25) is 11.8 Å². The summed E-state index contributed by atoms with van der Waals surface area (Å²) < 4.78 is 43.1. The molecular formula is C29H33ClFN3O4S.